The number of hydrogen-bond donors (Lipinski definition) is 0. The van der Waals surface area contributed by atoms with Crippen molar-refractivity contribution in [3.05, 3.63) is 42.5 Å². The monoisotopic (exact) mass is 330 g/mol. The molecule has 7 heteroatoms. The van der Waals surface area contributed by atoms with Gasteiger partial charge in [0, 0.05) is 13.1 Å². The Balaban J connectivity index is 1.64. The van der Waals surface area contributed by atoms with Crippen LogP contribution < -0.4 is 4.74 Å². The van der Waals surface area contributed by atoms with Crippen LogP contribution in [0.2, 0.25) is 0 Å². The number of aromatic nitrogens is 3. The molecule has 1 amide bonds. The molecule has 0 saturated carbocycles. The number of ether oxygens (including phenoxy) is 2. The van der Waals surface area contributed by atoms with E-state index in [-0.39, 0.29) is 12.0 Å². The molecule has 2 heterocycles. The van der Waals surface area contributed by atoms with Gasteiger partial charge in [-0.1, -0.05) is 18.2 Å². The number of amides is 1. The van der Waals surface area contributed by atoms with E-state index in [9.17, 15) is 4.79 Å². The SMILES string of the molecule is CCn1cnnc1[C@H]1CN(C(=O)[C@H](C)Oc2ccccc2)CCO1. The topological polar surface area (TPSA) is 69.5 Å². The molecule has 3 rings (SSSR count). The lowest BCUT2D eigenvalue weighted by Crippen LogP contribution is -2.47. The number of rotatable bonds is 5. The summed E-state index contributed by atoms with van der Waals surface area (Å²) >= 11 is 0. The third kappa shape index (κ3) is 3.56. The summed E-state index contributed by atoms with van der Waals surface area (Å²) in [6, 6.07) is 9.37. The summed E-state index contributed by atoms with van der Waals surface area (Å²) in [5.41, 5.74) is 0. The van der Waals surface area contributed by atoms with Crippen LogP contribution >= 0.6 is 0 Å². The molecular weight excluding hydrogens is 308 g/mol. The lowest BCUT2D eigenvalue weighted by atomic mass is 10.2. The number of carbonyl (C=O) groups is 1. The molecule has 0 spiro atoms. The van der Waals surface area contributed by atoms with Crippen molar-refractivity contribution in [1.82, 2.24) is 19.7 Å². The van der Waals surface area contributed by atoms with Gasteiger partial charge >= 0.3 is 0 Å². The quantitative estimate of drug-likeness (QED) is 0.834. The second-order valence-electron chi connectivity index (χ2n) is 5.69. The van der Waals surface area contributed by atoms with Crippen LogP contribution in [0, 0.1) is 0 Å². The molecule has 24 heavy (non-hydrogen) atoms. The maximum Gasteiger partial charge on any atom is 0.263 e. The molecular formula is C17H22N4O3. The highest BCUT2D eigenvalue weighted by molar-refractivity contribution is 5.81. The van der Waals surface area contributed by atoms with Gasteiger partial charge in [0.2, 0.25) is 0 Å². The molecule has 1 aliphatic rings. The second kappa shape index (κ2) is 7.44. The van der Waals surface area contributed by atoms with Crippen LogP contribution in [0.1, 0.15) is 25.8 Å². The zero-order chi connectivity index (χ0) is 16.9. The summed E-state index contributed by atoms with van der Waals surface area (Å²) < 4.78 is 13.5. The lowest BCUT2D eigenvalue weighted by Gasteiger charge is -2.34. The van der Waals surface area contributed by atoms with Crippen molar-refractivity contribution < 1.29 is 14.3 Å². The Hall–Kier alpha value is -2.41. The van der Waals surface area contributed by atoms with Crippen LogP contribution in [-0.4, -0.2) is 51.4 Å². The predicted octanol–water partition coefficient (Wildman–Crippen LogP) is 1.67. The van der Waals surface area contributed by atoms with Crippen LogP contribution in [0.25, 0.3) is 0 Å². The summed E-state index contributed by atoms with van der Waals surface area (Å²) in [7, 11) is 0. The van der Waals surface area contributed by atoms with Gasteiger partial charge in [-0.05, 0) is 26.0 Å². The number of carbonyl (C=O) groups excluding carboxylic acids is 1. The van der Waals surface area contributed by atoms with E-state index in [1.54, 1.807) is 18.2 Å². The molecule has 2 atom stereocenters. The Labute approximate surface area is 141 Å². The van der Waals surface area contributed by atoms with E-state index >= 15 is 0 Å². The zero-order valence-electron chi connectivity index (χ0n) is 14.0. The summed E-state index contributed by atoms with van der Waals surface area (Å²) in [5, 5.41) is 8.07. The summed E-state index contributed by atoms with van der Waals surface area (Å²) in [6.07, 6.45) is 0.880. The number of hydrogen-bond acceptors (Lipinski definition) is 5. The maximum absolute atomic E-state index is 12.7. The first-order chi connectivity index (χ1) is 11.7. The molecule has 0 radical (unpaired) electrons. The molecule has 0 bridgehead atoms. The lowest BCUT2D eigenvalue weighted by molar-refractivity contribution is -0.146. The molecule has 1 fully saturated rings. The minimum atomic E-state index is -0.546. The fourth-order valence-electron chi connectivity index (χ4n) is 2.77. The average molecular weight is 330 g/mol. The molecule has 0 aliphatic carbocycles. The molecule has 128 valence electrons. The fourth-order valence-corrected chi connectivity index (χ4v) is 2.77. The summed E-state index contributed by atoms with van der Waals surface area (Å²) in [4.78, 5) is 14.4. The normalized spacial score (nSPS) is 19.1. The van der Waals surface area contributed by atoms with E-state index in [0.717, 1.165) is 12.4 Å². The zero-order valence-corrected chi connectivity index (χ0v) is 14.0. The third-order valence-electron chi connectivity index (χ3n) is 4.06. The van der Waals surface area contributed by atoms with Gasteiger partial charge < -0.3 is 18.9 Å². The van der Waals surface area contributed by atoms with Gasteiger partial charge in [0.1, 0.15) is 18.2 Å². The van der Waals surface area contributed by atoms with Crippen molar-refractivity contribution >= 4 is 5.91 Å². The van der Waals surface area contributed by atoms with E-state index in [1.165, 1.54) is 0 Å². The van der Waals surface area contributed by atoms with Crippen LogP contribution in [0.3, 0.4) is 0 Å². The van der Waals surface area contributed by atoms with E-state index in [1.807, 2.05) is 41.8 Å². The van der Waals surface area contributed by atoms with Crippen molar-refractivity contribution in [2.24, 2.45) is 0 Å². The van der Waals surface area contributed by atoms with E-state index in [0.29, 0.717) is 25.4 Å². The highest BCUT2D eigenvalue weighted by atomic mass is 16.5. The van der Waals surface area contributed by atoms with Gasteiger partial charge in [0.15, 0.2) is 11.9 Å². The first-order valence-corrected chi connectivity index (χ1v) is 8.18. The third-order valence-corrected chi connectivity index (χ3v) is 4.06. The van der Waals surface area contributed by atoms with Crippen molar-refractivity contribution in [2.45, 2.75) is 32.6 Å². The average Bonchev–Trinajstić information content (AvgIpc) is 3.11. The molecule has 1 aromatic heterocycles. The number of morpholine rings is 1. The summed E-state index contributed by atoms with van der Waals surface area (Å²) in [6.45, 7) is 6.05. The van der Waals surface area contributed by atoms with E-state index < -0.39 is 6.10 Å². The number of para-hydroxylation sites is 1. The summed E-state index contributed by atoms with van der Waals surface area (Å²) in [5.74, 6) is 1.40. The van der Waals surface area contributed by atoms with Gasteiger partial charge in [-0.25, -0.2) is 0 Å². The Morgan fingerprint density at radius 1 is 1.42 bits per heavy atom. The predicted molar refractivity (Wildman–Crippen MR) is 87.5 cm³/mol. The fraction of sp³-hybridized carbons (Fsp3) is 0.471. The highest BCUT2D eigenvalue weighted by Crippen LogP contribution is 2.21. The first-order valence-electron chi connectivity index (χ1n) is 8.18. The number of aryl methyl sites for hydroxylation is 1. The van der Waals surface area contributed by atoms with Gasteiger partial charge in [-0.2, -0.15) is 0 Å². The Morgan fingerprint density at radius 3 is 2.96 bits per heavy atom. The molecule has 1 saturated heterocycles. The largest absolute Gasteiger partial charge is 0.481 e. The minimum Gasteiger partial charge on any atom is -0.481 e. The van der Waals surface area contributed by atoms with Gasteiger partial charge in [0.25, 0.3) is 5.91 Å². The number of nitrogens with zero attached hydrogens (tertiary/aromatic N) is 4. The molecule has 0 unspecified atom stereocenters. The van der Waals surface area contributed by atoms with Crippen LogP contribution in [0.5, 0.6) is 5.75 Å². The van der Waals surface area contributed by atoms with Crippen molar-refractivity contribution in [3.63, 3.8) is 0 Å². The minimum absolute atomic E-state index is 0.0466. The number of benzene rings is 1. The molecule has 2 aromatic rings. The van der Waals surface area contributed by atoms with Crippen LogP contribution in [0.15, 0.2) is 36.7 Å². The van der Waals surface area contributed by atoms with Crippen LogP contribution in [-0.2, 0) is 16.1 Å². The molecule has 0 N–H and O–H groups in total. The molecule has 1 aromatic carbocycles. The van der Waals surface area contributed by atoms with E-state index in [4.69, 9.17) is 9.47 Å². The van der Waals surface area contributed by atoms with Gasteiger partial charge in [0.05, 0.1) is 13.2 Å². The Bertz CT molecular complexity index is 673. The molecule has 1 aliphatic heterocycles. The smallest absolute Gasteiger partial charge is 0.263 e. The second-order valence-corrected chi connectivity index (χ2v) is 5.69. The van der Waals surface area contributed by atoms with E-state index in [2.05, 4.69) is 10.2 Å². The van der Waals surface area contributed by atoms with Gasteiger partial charge in [-0.3, -0.25) is 4.79 Å². The van der Waals surface area contributed by atoms with Gasteiger partial charge in [-0.15, -0.1) is 10.2 Å². The maximum atomic E-state index is 12.7. The van der Waals surface area contributed by atoms with Crippen molar-refractivity contribution in [3.8, 4) is 5.75 Å². The molecule has 7 nitrogen and oxygen atoms in total. The Kier molecular flexibility index (Phi) is 5.10. The van der Waals surface area contributed by atoms with Crippen LogP contribution in [0.4, 0.5) is 0 Å². The standard InChI is InChI=1S/C17H22N4O3/c1-3-20-12-18-19-16(20)15-11-21(9-10-23-15)17(22)13(2)24-14-7-5-4-6-8-14/h4-8,12-13,15H,3,9-11H2,1-2H3/t13-,15+/m0/s1. The van der Waals surface area contributed by atoms with Crippen molar-refractivity contribution in [2.75, 3.05) is 19.7 Å². The van der Waals surface area contributed by atoms with Crippen molar-refractivity contribution in [1.29, 1.82) is 0 Å². The first kappa shape index (κ1) is 16.4. The highest BCUT2D eigenvalue weighted by Gasteiger charge is 2.31. The Morgan fingerprint density at radius 2 is 2.21 bits per heavy atom.